The van der Waals surface area contributed by atoms with E-state index in [9.17, 15) is 0 Å². The first-order valence-corrected chi connectivity index (χ1v) is 4.05. The molecule has 0 radical (unpaired) electrons. The van der Waals surface area contributed by atoms with Crippen LogP contribution in [0.15, 0.2) is 12.4 Å². The zero-order valence-corrected chi connectivity index (χ0v) is 7.03. The summed E-state index contributed by atoms with van der Waals surface area (Å²) in [5, 5.41) is 1.74. The molecule has 2 heterocycles. The van der Waals surface area contributed by atoms with Crippen molar-refractivity contribution < 1.29 is 4.84 Å². The van der Waals surface area contributed by atoms with Crippen LogP contribution in [0, 0.1) is 6.92 Å². The number of anilines is 1. The molecule has 1 saturated heterocycles. The summed E-state index contributed by atoms with van der Waals surface area (Å²) in [6.07, 6.45) is 4.64. The van der Waals surface area contributed by atoms with E-state index in [1.54, 1.807) is 17.5 Å². The highest BCUT2D eigenvalue weighted by Gasteiger charge is 2.14. The van der Waals surface area contributed by atoms with Crippen LogP contribution in [0.25, 0.3) is 0 Å². The molecule has 12 heavy (non-hydrogen) atoms. The van der Waals surface area contributed by atoms with Crippen molar-refractivity contribution in [1.82, 2.24) is 9.97 Å². The molecule has 0 spiro atoms. The Kier molecular flexibility index (Phi) is 1.91. The Morgan fingerprint density at radius 2 is 2.17 bits per heavy atom. The third-order valence-corrected chi connectivity index (χ3v) is 1.74. The number of hydrogen-bond acceptors (Lipinski definition) is 4. The summed E-state index contributed by atoms with van der Waals surface area (Å²) in [5.41, 5.74) is 1.07. The van der Waals surface area contributed by atoms with Crippen molar-refractivity contribution in [3.05, 3.63) is 18.0 Å². The van der Waals surface area contributed by atoms with Gasteiger partial charge in [-0.2, -0.15) is 0 Å². The van der Waals surface area contributed by atoms with Gasteiger partial charge in [-0.3, -0.25) is 4.84 Å². The van der Waals surface area contributed by atoms with Gasteiger partial charge < -0.3 is 0 Å². The topological polar surface area (TPSA) is 38.2 Å². The van der Waals surface area contributed by atoms with Crippen LogP contribution < -0.4 is 5.06 Å². The van der Waals surface area contributed by atoms with Crippen molar-refractivity contribution in [2.24, 2.45) is 0 Å². The predicted molar refractivity (Wildman–Crippen MR) is 44.7 cm³/mol. The molecule has 1 aromatic heterocycles. The van der Waals surface area contributed by atoms with E-state index >= 15 is 0 Å². The van der Waals surface area contributed by atoms with Gasteiger partial charge in [-0.05, 0) is 18.9 Å². The molecular weight excluding hydrogens is 154 g/mol. The summed E-state index contributed by atoms with van der Waals surface area (Å²) in [4.78, 5) is 13.6. The Morgan fingerprint density at radius 3 is 2.75 bits per heavy atom. The molecule has 0 aliphatic carbocycles. The highest BCUT2D eigenvalue weighted by atomic mass is 16.7. The Hall–Kier alpha value is -1.16. The minimum absolute atomic E-state index is 0.665. The van der Waals surface area contributed by atoms with Gasteiger partial charge in [0.15, 0.2) is 0 Å². The van der Waals surface area contributed by atoms with E-state index in [0.29, 0.717) is 5.95 Å². The lowest BCUT2D eigenvalue weighted by Gasteiger charge is -2.12. The average Bonchev–Trinajstić information content (AvgIpc) is 2.58. The van der Waals surface area contributed by atoms with Gasteiger partial charge in [0.1, 0.15) is 0 Å². The molecule has 64 valence electrons. The van der Waals surface area contributed by atoms with Gasteiger partial charge in [-0.1, -0.05) is 0 Å². The van der Waals surface area contributed by atoms with E-state index in [0.717, 1.165) is 25.1 Å². The van der Waals surface area contributed by atoms with Crippen LogP contribution in [-0.2, 0) is 4.84 Å². The van der Waals surface area contributed by atoms with Crippen molar-refractivity contribution >= 4 is 5.95 Å². The van der Waals surface area contributed by atoms with Crippen LogP contribution in [0.2, 0.25) is 0 Å². The van der Waals surface area contributed by atoms with Crippen molar-refractivity contribution in [1.29, 1.82) is 0 Å². The fourth-order valence-electron chi connectivity index (χ4n) is 1.12. The molecule has 0 bridgehead atoms. The Bertz CT molecular complexity index is 254. The van der Waals surface area contributed by atoms with E-state index in [2.05, 4.69) is 9.97 Å². The van der Waals surface area contributed by atoms with Crippen LogP contribution in [0.5, 0.6) is 0 Å². The molecule has 2 rings (SSSR count). The number of hydroxylamine groups is 1. The van der Waals surface area contributed by atoms with Gasteiger partial charge in [-0.25, -0.2) is 15.0 Å². The van der Waals surface area contributed by atoms with E-state index < -0.39 is 0 Å². The van der Waals surface area contributed by atoms with Crippen LogP contribution in [-0.4, -0.2) is 23.1 Å². The molecular formula is C8H11N3O. The molecule has 0 atom stereocenters. The van der Waals surface area contributed by atoms with E-state index in [4.69, 9.17) is 4.84 Å². The molecule has 4 heteroatoms. The number of nitrogens with zero attached hydrogens (tertiary/aromatic N) is 3. The first kappa shape index (κ1) is 7.49. The monoisotopic (exact) mass is 165 g/mol. The fourth-order valence-corrected chi connectivity index (χ4v) is 1.12. The molecule has 1 fully saturated rings. The maximum atomic E-state index is 5.29. The highest BCUT2D eigenvalue weighted by molar-refractivity contribution is 5.26. The lowest BCUT2D eigenvalue weighted by molar-refractivity contribution is 0.164. The zero-order valence-electron chi connectivity index (χ0n) is 7.03. The molecule has 0 amide bonds. The zero-order chi connectivity index (χ0) is 8.39. The molecule has 0 unspecified atom stereocenters. The predicted octanol–water partition coefficient (Wildman–Crippen LogP) is 0.927. The standard InChI is InChI=1S/C8H11N3O/c1-7-5-9-8(10-6-7)11-3-2-4-12-11/h5-6H,2-4H2,1H3. The fraction of sp³-hybridized carbons (Fsp3) is 0.500. The third-order valence-electron chi connectivity index (χ3n) is 1.74. The molecule has 0 aromatic carbocycles. The quantitative estimate of drug-likeness (QED) is 0.620. The average molecular weight is 165 g/mol. The van der Waals surface area contributed by atoms with Crippen molar-refractivity contribution in [3.63, 3.8) is 0 Å². The second-order valence-corrected chi connectivity index (χ2v) is 2.85. The molecule has 1 aliphatic heterocycles. The Morgan fingerprint density at radius 1 is 1.42 bits per heavy atom. The smallest absolute Gasteiger partial charge is 0.249 e. The Labute approximate surface area is 71.2 Å². The van der Waals surface area contributed by atoms with Crippen molar-refractivity contribution in [3.8, 4) is 0 Å². The SMILES string of the molecule is Cc1cnc(N2CCCO2)nc1. The van der Waals surface area contributed by atoms with Gasteiger partial charge in [0, 0.05) is 12.4 Å². The maximum absolute atomic E-state index is 5.29. The van der Waals surface area contributed by atoms with Crippen LogP contribution in [0.3, 0.4) is 0 Å². The van der Waals surface area contributed by atoms with E-state index in [-0.39, 0.29) is 0 Å². The normalized spacial score (nSPS) is 16.9. The summed E-state index contributed by atoms with van der Waals surface area (Å²) in [6, 6.07) is 0. The largest absolute Gasteiger partial charge is 0.271 e. The number of aryl methyl sites for hydroxylation is 1. The number of hydrogen-bond donors (Lipinski definition) is 0. The molecule has 0 saturated carbocycles. The minimum atomic E-state index is 0.665. The third kappa shape index (κ3) is 1.38. The van der Waals surface area contributed by atoms with E-state index in [1.165, 1.54) is 0 Å². The first-order valence-electron chi connectivity index (χ1n) is 4.05. The molecule has 1 aromatic rings. The summed E-state index contributed by atoms with van der Waals surface area (Å²) in [6.45, 7) is 3.63. The highest BCUT2D eigenvalue weighted by Crippen LogP contribution is 2.12. The number of rotatable bonds is 1. The lowest BCUT2D eigenvalue weighted by atomic mass is 10.4. The van der Waals surface area contributed by atoms with Gasteiger partial charge in [-0.15, -0.1) is 0 Å². The second-order valence-electron chi connectivity index (χ2n) is 2.85. The van der Waals surface area contributed by atoms with Crippen LogP contribution in [0.1, 0.15) is 12.0 Å². The lowest BCUT2D eigenvalue weighted by Crippen LogP contribution is -2.18. The van der Waals surface area contributed by atoms with Gasteiger partial charge in [0.25, 0.3) is 0 Å². The van der Waals surface area contributed by atoms with Crippen LogP contribution in [0.4, 0.5) is 5.95 Å². The van der Waals surface area contributed by atoms with Crippen LogP contribution >= 0.6 is 0 Å². The van der Waals surface area contributed by atoms with Gasteiger partial charge >= 0.3 is 0 Å². The summed E-state index contributed by atoms with van der Waals surface area (Å²) in [5.74, 6) is 0.665. The maximum Gasteiger partial charge on any atom is 0.249 e. The molecule has 4 nitrogen and oxygen atoms in total. The first-order chi connectivity index (χ1) is 5.86. The molecule has 1 aliphatic rings. The Balaban J connectivity index is 2.17. The summed E-state index contributed by atoms with van der Waals surface area (Å²) < 4.78 is 0. The number of aromatic nitrogens is 2. The van der Waals surface area contributed by atoms with Gasteiger partial charge in [0.05, 0.1) is 13.2 Å². The van der Waals surface area contributed by atoms with Crippen molar-refractivity contribution in [2.45, 2.75) is 13.3 Å². The van der Waals surface area contributed by atoms with Gasteiger partial charge in [0.2, 0.25) is 5.95 Å². The van der Waals surface area contributed by atoms with Crippen molar-refractivity contribution in [2.75, 3.05) is 18.2 Å². The summed E-state index contributed by atoms with van der Waals surface area (Å²) >= 11 is 0. The minimum Gasteiger partial charge on any atom is -0.271 e. The molecule has 0 N–H and O–H groups in total. The summed E-state index contributed by atoms with van der Waals surface area (Å²) in [7, 11) is 0. The van der Waals surface area contributed by atoms with E-state index in [1.807, 2.05) is 6.92 Å². The second kappa shape index (κ2) is 3.06.